The molecule has 0 atom stereocenters. The van der Waals surface area contributed by atoms with Gasteiger partial charge in [0.2, 0.25) is 0 Å². The molecule has 46 heavy (non-hydrogen) atoms. The Morgan fingerprint density at radius 2 is 1.09 bits per heavy atom. The first-order valence-electron chi connectivity index (χ1n) is 15.3. The zero-order valence-corrected chi connectivity index (χ0v) is 24.7. The largest absolute Gasteiger partial charge is 0.254 e. The van der Waals surface area contributed by atoms with Crippen molar-refractivity contribution in [1.82, 2.24) is 24.9 Å². The van der Waals surface area contributed by atoms with Gasteiger partial charge in [-0.1, -0.05) is 121 Å². The van der Waals surface area contributed by atoms with E-state index in [1.165, 1.54) is 0 Å². The van der Waals surface area contributed by atoms with Crippen LogP contribution < -0.4 is 0 Å². The average Bonchev–Trinajstić information content (AvgIpc) is 3.14. The number of aromatic nitrogens is 5. The highest BCUT2D eigenvalue weighted by atomic mass is 14.9. The second kappa shape index (κ2) is 10.7. The Hall–Kier alpha value is -6.33. The third-order valence-electron chi connectivity index (χ3n) is 8.55. The van der Waals surface area contributed by atoms with E-state index in [1.807, 2.05) is 60.9 Å². The molecule has 5 nitrogen and oxygen atoms in total. The van der Waals surface area contributed by atoms with Gasteiger partial charge in [-0.25, -0.2) is 15.0 Å². The van der Waals surface area contributed by atoms with Crippen molar-refractivity contribution in [3.63, 3.8) is 0 Å². The number of fused-ring (bicyclic) bond motifs is 7. The first kappa shape index (κ1) is 26.1. The highest BCUT2D eigenvalue weighted by Crippen LogP contribution is 2.38. The molecule has 0 fully saturated rings. The van der Waals surface area contributed by atoms with Gasteiger partial charge in [0.25, 0.3) is 0 Å². The molecule has 0 N–H and O–H groups in total. The zero-order valence-electron chi connectivity index (χ0n) is 24.7. The molecular weight excluding hydrogens is 562 g/mol. The Labute approximate surface area is 264 Å². The first-order chi connectivity index (χ1) is 22.8. The van der Waals surface area contributed by atoms with E-state index in [1.54, 1.807) is 0 Å². The van der Waals surface area contributed by atoms with Gasteiger partial charge in [-0.15, -0.1) is 0 Å². The minimum atomic E-state index is 0.676. The molecular formula is C41H25N5. The van der Waals surface area contributed by atoms with E-state index in [-0.39, 0.29) is 0 Å². The molecule has 0 radical (unpaired) electrons. The van der Waals surface area contributed by atoms with E-state index in [2.05, 4.69) is 96.0 Å². The fraction of sp³-hybridized carbons (Fsp3) is 0. The van der Waals surface area contributed by atoms with Crippen LogP contribution in [0.1, 0.15) is 0 Å². The zero-order chi connectivity index (χ0) is 30.5. The lowest BCUT2D eigenvalue weighted by Gasteiger charge is -2.13. The number of hydrogen-bond donors (Lipinski definition) is 0. The minimum absolute atomic E-state index is 0.676. The maximum absolute atomic E-state index is 5.17. The number of rotatable bonds is 4. The smallest absolute Gasteiger partial charge is 0.160 e. The summed E-state index contributed by atoms with van der Waals surface area (Å²) in [6.45, 7) is 0. The monoisotopic (exact) mass is 587 g/mol. The summed E-state index contributed by atoms with van der Waals surface area (Å²) < 4.78 is 0. The molecule has 0 aliphatic heterocycles. The predicted octanol–water partition coefficient (Wildman–Crippen LogP) is 9.94. The Morgan fingerprint density at radius 1 is 0.413 bits per heavy atom. The fourth-order valence-electron chi connectivity index (χ4n) is 6.32. The third kappa shape index (κ3) is 4.37. The van der Waals surface area contributed by atoms with Crippen LogP contribution in [0.3, 0.4) is 0 Å². The van der Waals surface area contributed by atoms with Crippen molar-refractivity contribution < 1.29 is 0 Å². The van der Waals surface area contributed by atoms with Crippen LogP contribution in [0.5, 0.6) is 0 Å². The molecule has 0 amide bonds. The van der Waals surface area contributed by atoms with E-state index >= 15 is 0 Å². The maximum atomic E-state index is 5.17. The first-order valence-corrected chi connectivity index (χ1v) is 15.3. The van der Waals surface area contributed by atoms with Crippen molar-refractivity contribution >= 4 is 43.5 Å². The van der Waals surface area contributed by atoms with Crippen molar-refractivity contribution in [2.45, 2.75) is 0 Å². The molecule has 0 aliphatic rings. The molecule has 4 aromatic heterocycles. The molecule has 0 unspecified atom stereocenters. The van der Waals surface area contributed by atoms with E-state index < -0.39 is 0 Å². The molecule has 5 aromatic carbocycles. The Kier molecular flexibility index (Phi) is 6.06. The number of hydrogen-bond acceptors (Lipinski definition) is 5. The topological polar surface area (TPSA) is 64.5 Å². The van der Waals surface area contributed by atoms with Crippen molar-refractivity contribution in [1.29, 1.82) is 0 Å². The van der Waals surface area contributed by atoms with Crippen LogP contribution in [-0.4, -0.2) is 24.9 Å². The molecule has 9 rings (SSSR count). The van der Waals surface area contributed by atoms with Gasteiger partial charge in [-0.05, 0) is 18.2 Å². The molecule has 5 heteroatoms. The normalized spacial score (nSPS) is 11.5. The van der Waals surface area contributed by atoms with Gasteiger partial charge in [-0.2, -0.15) is 0 Å². The number of pyridine rings is 3. The van der Waals surface area contributed by atoms with Crippen LogP contribution in [0.2, 0.25) is 0 Å². The lowest BCUT2D eigenvalue weighted by molar-refractivity contribution is 1.18. The lowest BCUT2D eigenvalue weighted by atomic mass is 9.97. The van der Waals surface area contributed by atoms with Gasteiger partial charge in [-0.3, -0.25) is 9.97 Å². The van der Waals surface area contributed by atoms with Crippen LogP contribution in [-0.2, 0) is 0 Å². The summed E-state index contributed by atoms with van der Waals surface area (Å²) in [5.41, 5.74) is 9.44. The summed E-state index contributed by atoms with van der Waals surface area (Å²) >= 11 is 0. The summed E-state index contributed by atoms with van der Waals surface area (Å²) in [5.74, 6) is 0.676. The summed E-state index contributed by atoms with van der Waals surface area (Å²) in [5, 5.41) is 5.38. The van der Waals surface area contributed by atoms with Gasteiger partial charge in [0.05, 0.1) is 33.6 Å². The molecule has 0 aliphatic carbocycles. The van der Waals surface area contributed by atoms with Crippen LogP contribution >= 0.6 is 0 Å². The van der Waals surface area contributed by atoms with E-state index in [0.29, 0.717) is 5.82 Å². The molecule has 4 heterocycles. The van der Waals surface area contributed by atoms with Crippen LogP contribution in [0.15, 0.2) is 152 Å². The van der Waals surface area contributed by atoms with Gasteiger partial charge in [0, 0.05) is 61.6 Å². The van der Waals surface area contributed by atoms with Crippen molar-refractivity contribution in [3.05, 3.63) is 152 Å². The number of para-hydroxylation sites is 1. The highest BCUT2D eigenvalue weighted by Gasteiger charge is 2.16. The maximum Gasteiger partial charge on any atom is 0.160 e. The fourth-order valence-corrected chi connectivity index (χ4v) is 6.32. The van der Waals surface area contributed by atoms with E-state index in [0.717, 1.165) is 82.8 Å². The molecule has 214 valence electrons. The molecule has 0 saturated carbocycles. The van der Waals surface area contributed by atoms with Crippen LogP contribution in [0, 0.1) is 0 Å². The second-order valence-corrected chi connectivity index (χ2v) is 11.3. The molecule has 0 saturated heterocycles. The van der Waals surface area contributed by atoms with Crippen LogP contribution in [0.4, 0.5) is 0 Å². The third-order valence-corrected chi connectivity index (χ3v) is 8.55. The van der Waals surface area contributed by atoms with Crippen LogP contribution in [0.25, 0.3) is 88.6 Å². The highest BCUT2D eigenvalue weighted by molar-refractivity contribution is 6.24. The molecule has 0 bridgehead atoms. The van der Waals surface area contributed by atoms with Gasteiger partial charge in [0.1, 0.15) is 0 Å². The van der Waals surface area contributed by atoms with Crippen molar-refractivity contribution in [2.24, 2.45) is 0 Å². The second-order valence-electron chi connectivity index (χ2n) is 11.3. The van der Waals surface area contributed by atoms with Crippen molar-refractivity contribution in [2.75, 3.05) is 0 Å². The van der Waals surface area contributed by atoms with Gasteiger partial charge >= 0.3 is 0 Å². The standard InChI is InChI=1S/C41H25N5/c1-3-10-26(11-4-1)35-24-36(27-12-5-2-6-13-27)46-41(45-35)30-19-17-29(18-20-30)38-33-25-43-40-32(22-21-28-14-9-23-42-39(28)40)37(33)31-15-7-8-16-34(31)44-38/h1-25H. The number of benzene rings is 5. The van der Waals surface area contributed by atoms with E-state index in [4.69, 9.17) is 19.9 Å². The number of nitrogens with zero attached hydrogens (tertiary/aromatic N) is 5. The Balaban J connectivity index is 1.21. The SMILES string of the molecule is c1ccc(-c2cc(-c3ccccc3)nc(-c3ccc(-c4nc5ccccc5c5c4cnc4c5ccc5cccnc54)cc3)n2)cc1. The van der Waals surface area contributed by atoms with Gasteiger partial charge in [0.15, 0.2) is 5.82 Å². The quantitative estimate of drug-likeness (QED) is 0.192. The summed E-state index contributed by atoms with van der Waals surface area (Å²) in [4.78, 5) is 24.8. The summed E-state index contributed by atoms with van der Waals surface area (Å²) in [7, 11) is 0. The van der Waals surface area contributed by atoms with Gasteiger partial charge < -0.3 is 0 Å². The van der Waals surface area contributed by atoms with Crippen molar-refractivity contribution in [3.8, 4) is 45.2 Å². The minimum Gasteiger partial charge on any atom is -0.254 e. The summed E-state index contributed by atoms with van der Waals surface area (Å²) in [6.07, 6.45) is 3.78. The van der Waals surface area contributed by atoms with E-state index in [9.17, 15) is 0 Å². The Bertz CT molecular complexity index is 2510. The summed E-state index contributed by atoms with van der Waals surface area (Å²) in [6, 6.07) is 47.6. The molecule has 9 aromatic rings. The molecule has 0 spiro atoms. The Morgan fingerprint density at radius 3 is 1.83 bits per heavy atom. The predicted molar refractivity (Wildman–Crippen MR) is 187 cm³/mol. The average molecular weight is 588 g/mol. The lowest BCUT2D eigenvalue weighted by Crippen LogP contribution is -1.96.